The molecular weight excluding hydrogens is 310 g/mol. The highest BCUT2D eigenvalue weighted by Gasteiger charge is 2.22. The molecule has 2 aromatic rings. The Balaban J connectivity index is 1.64. The number of nitrogens with zero attached hydrogens (tertiary/aromatic N) is 2. The number of carbonyl (C=O) groups excluding carboxylic acids is 1. The highest BCUT2D eigenvalue weighted by molar-refractivity contribution is 7.16. The van der Waals surface area contributed by atoms with Gasteiger partial charge in [0.15, 0.2) is 0 Å². The van der Waals surface area contributed by atoms with Gasteiger partial charge in [-0.05, 0) is 50.4 Å². The third-order valence-electron chi connectivity index (χ3n) is 3.96. The number of likely N-dealkylation sites (N-methyl/N-ethyl adjacent to an activating group) is 1. The van der Waals surface area contributed by atoms with Crippen molar-refractivity contribution in [3.05, 3.63) is 40.2 Å². The van der Waals surface area contributed by atoms with E-state index in [9.17, 15) is 10.1 Å². The summed E-state index contributed by atoms with van der Waals surface area (Å²) < 4.78 is 5.28. The van der Waals surface area contributed by atoms with Crippen LogP contribution in [0.4, 0.5) is 5.00 Å². The summed E-state index contributed by atoms with van der Waals surface area (Å²) in [4.78, 5) is 15.4. The lowest BCUT2D eigenvalue weighted by molar-refractivity contribution is -0.117. The molecule has 2 aromatic heterocycles. The Hall–Kier alpha value is -2.10. The van der Waals surface area contributed by atoms with Crippen LogP contribution in [-0.4, -0.2) is 24.4 Å². The molecule has 5 nitrogen and oxygen atoms in total. The molecule has 1 aliphatic rings. The number of anilines is 1. The zero-order valence-electron chi connectivity index (χ0n) is 13.1. The molecule has 23 heavy (non-hydrogen) atoms. The molecule has 1 N–H and O–H groups in total. The Morgan fingerprint density at radius 2 is 2.30 bits per heavy atom. The number of rotatable bonds is 5. The van der Waals surface area contributed by atoms with E-state index in [1.54, 1.807) is 17.6 Å². The van der Waals surface area contributed by atoms with E-state index in [2.05, 4.69) is 11.4 Å². The van der Waals surface area contributed by atoms with Crippen molar-refractivity contribution >= 4 is 22.2 Å². The van der Waals surface area contributed by atoms with Gasteiger partial charge in [-0.3, -0.25) is 9.69 Å². The van der Waals surface area contributed by atoms with Crippen LogP contribution < -0.4 is 5.32 Å². The van der Waals surface area contributed by atoms with Crippen LogP contribution >= 0.6 is 11.3 Å². The number of aryl methyl sites for hydroxylation is 1. The van der Waals surface area contributed by atoms with Crippen LogP contribution in [0.5, 0.6) is 0 Å². The number of furan rings is 1. The maximum Gasteiger partial charge on any atom is 0.239 e. The van der Waals surface area contributed by atoms with Crippen LogP contribution in [0.1, 0.15) is 34.6 Å². The number of nitriles is 1. The smallest absolute Gasteiger partial charge is 0.239 e. The third kappa shape index (κ3) is 3.63. The van der Waals surface area contributed by atoms with Crippen molar-refractivity contribution in [3.63, 3.8) is 0 Å². The fourth-order valence-electron chi connectivity index (χ4n) is 2.91. The fourth-order valence-corrected chi connectivity index (χ4v) is 4.16. The van der Waals surface area contributed by atoms with E-state index in [0.717, 1.165) is 37.0 Å². The first-order valence-corrected chi connectivity index (χ1v) is 8.54. The van der Waals surface area contributed by atoms with E-state index in [1.165, 1.54) is 4.88 Å². The van der Waals surface area contributed by atoms with Crippen molar-refractivity contribution in [2.24, 2.45) is 0 Å². The molecule has 3 rings (SSSR count). The maximum atomic E-state index is 12.2. The normalized spacial score (nSPS) is 13.6. The number of thiophene rings is 1. The van der Waals surface area contributed by atoms with Crippen molar-refractivity contribution in [3.8, 4) is 6.07 Å². The molecule has 0 bridgehead atoms. The monoisotopic (exact) mass is 329 g/mol. The maximum absolute atomic E-state index is 12.2. The molecule has 0 unspecified atom stereocenters. The molecule has 1 aliphatic carbocycles. The highest BCUT2D eigenvalue weighted by Crippen LogP contribution is 2.37. The first kappa shape index (κ1) is 15.8. The van der Waals surface area contributed by atoms with Crippen LogP contribution in [0.25, 0.3) is 0 Å². The molecule has 0 radical (unpaired) electrons. The average Bonchev–Trinajstić information content (AvgIpc) is 3.13. The van der Waals surface area contributed by atoms with Crippen molar-refractivity contribution in [2.45, 2.75) is 32.2 Å². The second kappa shape index (κ2) is 6.99. The number of nitrogens with one attached hydrogen (secondary N) is 1. The van der Waals surface area contributed by atoms with E-state index < -0.39 is 0 Å². The lowest BCUT2D eigenvalue weighted by Gasteiger charge is -2.14. The van der Waals surface area contributed by atoms with Gasteiger partial charge in [0.1, 0.15) is 16.8 Å². The number of hydrogen-bond acceptors (Lipinski definition) is 5. The van der Waals surface area contributed by atoms with Gasteiger partial charge in [0, 0.05) is 4.88 Å². The van der Waals surface area contributed by atoms with Crippen molar-refractivity contribution in [2.75, 3.05) is 18.9 Å². The van der Waals surface area contributed by atoms with E-state index in [1.807, 2.05) is 24.1 Å². The predicted molar refractivity (Wildman–Crippen MR) is 89.3 cm³/mol. The molecule has 0 saturated heterocycles. The Morgan fingerprint density at radius 1 is 1.48 bits per heavy atom. The number of amides is 1. The number of hydrogen-bond donors (Lipinski definition) is 1. The van der Waals surface area contributed by atoms with Crippen LogP contribution in [-0.2, 0) is 24.2 Å². The standard InChI is InChI=1S/C17H19N3O2S/c1-20(10-12-5-4-8-22-12)11-16(21)19-17-14(9-18)13-6-2-3-7-15(13)23-17/h4-5,8H,2-3,6-7,10-11H2,1H3,(H,19,21). The Bertz CT molecular complexity index is 728. The summed E-state index contributed by atoms with van der Waals surface area (Å²) in [5.74, 6) is 0.721. The quantitative estimate of drug-likeness (QED) is 0.915. The van der Waals surface area contributed by atoms with Crippen molar-refractivity contribution in [1.29, 1.82) is 5.26 Å². The second-order valence-corrected chi connectivity index (χ2v) is 6.93. The zero-order valence-corrected chi connectivity index (χ0v) is 13.9. The first-order chi connectivity index (χ1) is 11.2. The fraction of sp³-hybridized carbons (Fsp3) is 0.412. The summed E-state index contributed by atoms with van der Waals surface area (Å²) in [5, 5.41) is 13.0. The SMILES string of the molecule is CN(CC(=O)Nc1sc2c(c1C#N)CCCC2)Cc1ccco1. The molecule has 6 heteroatoms. The minimum atomic E-state index is -0.103. The van der Waals surface area contributed by atoms with E-state index in [4.69, 9.17) is 4.42 Å². The molecule has 1 amide bonds. The number of fused-ring (bicyclic) bond motifs is 1. The zero-order chi connectivity index (χ0) is 16.2. The van der Waals surface area contributed by atoms with E-state index in [-0.39, 0.29) is 12.5 Å². The van der Waals surface area contributed by atoms with Crippen molar-refractivity contribution < 1.29 is 9.21 Å². The minimum Gasteiger partial charge on any atom is -0.468 e. The molecule has 0 aliphatic heterocycles. The van der Waals surface area contributed by atoms with E-state index >= 15 is 0 Å². The molecule has 0 aromatic carbocycles. The third-order valence-corrected chi connectivity index (χ3v) is 5.16. The second-order valence-electron chi connectivity index (χ2n) is 5.83. The Morgan fingerprint density at radius 3 is 3.04 bits per heavy atom. The van der Waals surface area contributed by atoms with Crippen LogP contribution in [0, 0.1) is 11.3 Å². The molecule has 0 atom stereocenters. The van der Waals surface area contributed by atoms with Crippen molar-refractivity contribution in [1.82, 2.24) is 4.90 Å². The topological polar surface area (TPSA) is 69.3 Å². The van der Waals surface area contributed by atoms with Gasteiger partial charge in [0.25, 0.3) is 0 Å². The summed E-state index contributed by atoms with van der Waals surface area (Å²) in [6, 6.07) is 5.98. The van der Waals surface area contributed by atoms with Crippen LogP contribution in [0.3, 0.4) is 0 Å². The van der Waals surface area contributed by atoms with Gasteiger partial charge in [-0.25, -0.2) is 0 Å². The summed E-state index contributed by atoms with van der Waals surface area (Å²) in [7, 11) is 1.87. The van der Waals surface area contributed by atoms with Gasteiger partial charge in [-0.1, -0.05) is 0 Å². The van der Waals surface area contributed by atoms with Gasteiger partial charge in [-0.2, -0.15) is 5.26 Å². The average molecular weight is 329 g/mol. The van der Waals surface area contributed by atoms with Gasteiger partial charge < -0.3 is 9.73 Å². The largest absolute Gasteiger partial charge is 0.468 e. The predicted octanol–water partition coefficient (Wildman–Crippen LogP) is 3.16. The van der Waals surface area contributed by atoms with Gasteiger partial charge >= 0.3 is 0 Å². The van der Waals surface area contributed by atoms with Gasteiger partial charge in [0.05, 0.1) is 24.9 Å². The highest BCUT2D eigenvalue weighted by atomic mass is 32.1. The molecule has 0 spiro atoms. The summed E-state index contributed by atoms with van der Waals surface area (Å²) in [6.45, 7) is 0.834. The first-order valence-electron chi connectivity index (χ1n) is 7.73. The summed E-state index contributed by atoms with van der Waals surface area (Å²) >= 11 is 1.56. The van der Waals surface area contributed by atoms with Crippen LogP contribution in [0.15, 0.2) is 22.8 Å². The number of carbonyl (C=O) groups is 1. The van der Waals surface area contributed by atoms with Crippen LogP contribution in [0.2, 0.25) is 0 Å². The minimum absolute atomic E-state index is 0.103. The molecule has 0 fully saturated rings. The summed E-state index contributed by atoms with van der Waals surface area (Å²) in [5.41, 5.74) is 1.80. The van der Waals surface area contributed by atoms with Gasteiger partial charge in [0.2, 0.25) is 5.91 Å². The summed E-state index contributed by atoms with van der Waals surface area (Å²) in [6.07, 6.45) is 5.87. The van der Waals surface area contributed by atoms with E-state index in [0.29, 0.717) is 17.1 Å². The Kier molecular flexibility index (Phi) is 4.79. The lowest BCUT2D eigenvalue weighted by Crippen LogP contribution is -2.29. The lowest BCUT2D eigenvalue weighted by atomic mass is 9.96. The Labute approximate surface area is 139 Å². The molecule has 0 saturated carbocycles. The molecule has 120 valence electrons. The molecular formula is C17H19N3O2S. The van der Waals surface area contributed by atoms with Gasteiger partial charge in [-0.15, -0.1) is 11.3 Å². The molecule has 2 heterocycles.